The van der Waals surface area contributed by atoms with E-state index in [4.69, 9.17) is 5.73 Å². The largest absolute Gasteiger partial charge is 0.328 e. The summed E-state index contributed by atoms with van der Waals surface area (Å²) in [5, 5.41) is 3.98. The Labute approximate surface area is 76.4 Å². The van der Waals surface area contributed by atoms with Crippen molar-refractivity contribution in [3.63, 3.8) is 0 Å². The number of carbonyl (C=O) groups excluding carboxylic acids is 1. The molecule has 12 heavy (non-hydrogen) atoms. The van der Waals surface area contributed by atoms with Gasteiger partial charge in [0.05, 0.1) is 0 Å². The summed E-state index contributed by atoms with van der Waals surface area (Å²) in [4.78, 5) is 11.2. The molecule has 2 nitrogen and oxygen atoms in total. The second kappa shape index (κ2) is 4.38. The van der Waals surface area contributed by atoms with Crippen molar-refractivity contribution < 1.29 is 4.79 Å². The van der Waals surface area contributed by atoms with E-state index in [1.165, 1.54) is 0 Å². The van der Waals surface area contributed by atoms with Crippen LogP contribution in [0.4, 0.5) is 0 Å². The summed E-state index contributed by atoms with van der Waals surface area (Å²) in [6.45, 7) is 1.85. The maximum Gasteiger partial charge on any atom is 0.138 e. The predicted octanol–water partition coefficient (Wildman–Crippen LogP) is 1.60. The third-order valence-corrected chi connectivity index (χ3v) is 2.26. The number of hydrogen-bond acceptors (Lipinski definition) is 3. The molecule has 0 saturated heterocycles. The van der Waals surface area contributed by atoms with Crippen molar-refractivity contribution in [2.45, 2.75) is 25.8 Å². The molecule has 0 aliphatic carbocycles. The Balaban J connectivity index is 2.37. The Kier molecular flexibility index (Phi) is 3.44. The van der Waals surface area contributed by atoms with Crippen LogP contribution in [0.15, 0.2) is 16.8 Å². The SMILES string of the molecule is CC(N)CC(=O)Cc1ccsc1. The lowest BCUT2D eigenvalue weighted by atomic mass is 10.1. The molecule has 0 radical (unpaired) electrons. The van der Waals surface area contributed by atoms with Crippen molar-refractivity contribution in [3.8, 4) is 0 Å². The minimum atomic E-state index is -0.0175. The minimum absolute atomic E-state index is 0.0175. The molecule has 1 heterocycles. The molecule has 1 aromatic rings. The van der Waals surface area contributed by atoms with E-state index in [1.54, 1.807) is 11.3 Å². The molecule has 1 atom stereocenters. The molecular formula is C9H13NOS. The van der Waals surface area contributed by atoms with E-state index in [1.807, 2.05) is 23.8 Å². The van der Waals surface area contributed by atoms with Gasteiger partial charge in [-0.25, -0.2) is 0 Å². The Morgan fingerprint density at radius 2 is 2.50 bits per heavy atom. The molecule has 0 fully saturated rings. The van der Waals surface area contributed by atoms with Gasteiger partial charge in [-0.15, -0.1) is 0 Å². The standard InChI is InChI=1S/C9H13NOS/c1-7(10)4-9(11)5-8-2-3-12-6-8/h2-3,6-7H,4-5,10H2,1H3. The van der Waals surface area contributed by atoms with Gasteiger partial charge in [-0.2, -0.15) is 11.3 Å². The van der Waals surface area contributed by atoms with Gasteiger partial charge in [0.2, 0.25) is 0 Å². The molecule has 66 valence electrons. The first kappa shape index (κ1) is 9.42. The van der Waals surface area contributed by atoms with Crippen molar-refractivity contribution in [3.05, 3.63) is 22.4 Å². The van der Waals surface area contributed by atoms with Crippen molar-refractivity contribution >= 4 is 17.1 Å². The smallest absolute Gasteiger partial charge is 0.138 e. The van der Waals surface area contributed by atoms with Gasteiger partial charge < -0.3 is 5.73 Å². The van der Waals surface area contributed by atoms with E-state index in [0.717, 1.165) is 5.56 Å². The molecule has 0 aliphatic heterocycles. The molecule has 1 unspecified atom stereocenters. The van der Waals surface area contributed by atoms with Crippen molar-refractivity contribution in [2.75, 3.05) is 0 Å². The minimum Gasteiger partial charge on any atom is -0.328 e. The summed E-state index contributed by atoms with van der Waals surface area (Å²) in [7, 11) is 0. The quantitative estimate of drug-likeness (QED) is 0.770. The van der Waals surface area contributed by atoms with Crippen LogP contribution in [0.1, 0.15) is 18.9 Å². The molecular weight excluding hydrogens is 170 g/mol. The molecule has 1 rings (SSSR count). The van der Waals surface area contributed by atoms with Gasteiger partial charge in [-0.3, -0.25) is 4.79 Å². The Morgan fingerprint density at radius 3 is 3.00 bits per heavy atom. The van der Waals surface area contributed by atoms with Crippen LogP contribution in [0.25, 0.3) is 0 Å². The van der Waals surface area contributed by atoms with Gasteiger partial charge >= 0.3 is 0 Å². The lowest BCUT2D eigenvalue weighted by Gasteiger charge is -2.01. The number of hydrogen-bond donors (Lipinski definition) is 1. The highest BCUT2D eigenvalue weighted by Gasteiger charge is 2.06. The highest BCUT2D eigenvalue weighted by molar-refractivity contribution is 7.07. The normalized spacial score (nSPS) is 12.8. The second-order valence-electron chi connectivity index (χ2n) is 3.03. The Morgan fingerprint density at radius 1 is 1.75 bits per heavy atom. The van der Waals surface area contributed by atoms with Crippen LogP contribution in [0.3, 0.4) is 0 Å². The Bertz CT molecular complexity index is 241. The average molecular weight is 183 g/mol. The van der Waals surface area contributed by atoms with Gasteiger partial charge in [-0.1, -0.05) is 0 Å². The van der Waals surface area contributed by atoms with Crippen molar-refractivity contribution in [2.24, 2.45) is 5.73 Å². The number of carbonyl (C=O) groups is 1. The third-order valence-electron chi connectivity index (χ3n) is 1.53. The number of thiophene rings is 1. The molecule has 0 spiro atoms. The van der Waals surface area contributed by atoms with Crippen molar-refractivity contribution in [1.82, 2.24) is 0 Å². The lowest BCUT2D eigenvalue weighted by molar-refractivity contribution is -0.118. The molecule has 0 aromatic carbocycles. The highest BCUT2D eigenvalue weighted by Crippen LogP contribution is 2.08. The number of Topliss-reactive ketones (excluding diaryl/α,β-unsaturated/α-hetero) is 1. The van der Waals surface area contributed by atoms with Crippen LogP contribution in [-0.2, 0) is 11.2 Å². The van der Waals surface area contributed by atoms with Crippen LogP contribution < -0.4 is 5.73 Å². The molecule has 0 amide bonds. The third kappa shape index (κ3) is 3.15. The summed E-state index contributed by atoms with van der Waals surface area (Å²) in [6.07, 6.45) is 1.01. The number of ketones is 1. The fourth-order valence-electron chi connectivity index (χ4n) is 1.05. The fourth-order valence-corrected chi connectivity index (χ4v) is 1.72. The Hall–Kier alpha value is -0.670. The summed E-state index contributed by atoms with van der Waals surface area (Å²) in [6, 6.07) is 1.96. The van der Waals surface area contributed by atoms with Gasteiger partial charge in [0, 0.05) is 18.9 Å². The second-order valence-corrected chi connectivity index (χ2v) is 3.81. The molecule has 1 aromatic heterocycles. The van der Waals surface area contributed by atoms with E-state index in [-0.39, 0.29) is 11.8 Å². The maximum atomic E-state index is 11.2. The molecule has 2 N–H and O–H groups in total. The zero-order valence-electron chi connectivity index (χ0n) is 7.12. The lowest BCUT2D eigenvalue weighted by Crippen LogP contribution is -2.20. The fraction of sp³-hybridized carbons (Fsp3) is 0.444. The summed E-state index contributed by atoms with van der Waals surface area (Å²) >= 11 is 1.62. The zero-order valence-corrected chi connectivity index (χ0v) is 7.93. The van der Waals surface area contributed by atoms with Crippen molar-refractivity contribution in [1.29, 1.82) is 0 Å². The zero-order chi connectivity index (χ0) is 8.97. The van der Waals surface area contributed by atoms with E-state index in [2.05, 4.69) is 0 Å². The van der Waals surface area contributed by atoms with Crippen LogP contribution in [0, 0.1) is 0 Å². The summed E-state index contributed by atoms with van der Waals surface area (Å²) in [5.74, 6) is 0.225. The van der Waals surface area contributed by atoms with E-state index in [9.17, 15) is 4.79 Å². The maximum absolute atomic E-state index is 11.2. The van der Waals surface area contributed by atoms with Gasteiger partial charge in [0.1, 0.15) is 5.78 Å². The van der Waals surface area contributed by atoms with Gasteiger partial charge in [0.25, 0.3) is 0 Å². The first-order valence-corrected chi connectivity index (χ1v) is 4.91. The highest BCUT2D eigenvalue weighted by atomic mass is 32.1. The monoisotopic (exact) mass is 183 g/mol. The van der Waals surface area contributed by atoms with Crippen LogP contribution >= 0.6 is 11.3 Å². The van der Waals surface area contributed by atoms with Crippen LogP contribution in [0.2, 0.25) is 0 Å². The van der Waals surface area contributed by atoms with Gasteiger partial charge in [0.15, 0.2) is 0 Å². The average Bonchev–Trinajstić information content (AvgIpc) is 2.37. The van der Waals surface area contributed by atoms with Gasteiger partial charge in [-0.05, 0) is 29.3 Å². The number of nitrogens with two attached hydrogens (primary N) is 1. The number of rotatable bonds is 4. The first-order valence-electron chi connectivity index (χ1n) is 3.97. The van der Waals surface area contributed by atoms with Crippen LogP contribution in [-0.4, -0.2) is 11.8 Å². The predicted molar refractivity (Wildman–Crippen MR) is 51.3 cm³/mol. The summed E-state index contributed by atoms with van der Waals surface area (Å²) in [5.41, 5.74) is 6.61. The first-order chi connectivity index (χ1) is 5.68. The molecule has 0 saturated carbocycles. The molecule has 0 bridgehead atoms. The topological polar surface area (TPSA) is 43.1 Å². The summed E-state index contributed by atoms with van der Waals surface area (Å²) < 4.78 is 0. The van der Waals surface area contributed by atoms with Crippen LogP contribution in [0.5, 0.6) is 0 Å². The van der Waals surface area contributed by atoms with E-state index >= 15 is 0 Å². The molecule has 0 aliphatic rings. The van der Waals surface area contributed by atoms with E-state index < -0.39 is 0 Å². The van der Waals surface area contributed by atoms with E-state index in [0.29, 0.717) is 12.8 Å². The molecule has 3 heteroatoms.